The number of nitrogens with one attached hydrogen (secondary N) is 3. The molecular weight excluding hydrogens is 549 g/mol. The topological polar surface area (TPSA) is 109 Å². The molecule has 1 atom stereocenters. The molecule has 0 unspecified atom stereocenters. The van der Waals surface area contributed by atoms with Crippen LogP contribution in [0.2, 0.25) is 15.1 Å². The zero-order valence-electron chi connectivity index (χ0n) is 20.2. The van der Waals surface area contributed by atoms with Crippen LogP contribution in [0, 0.1) is 0 Å². The number of carbonyl (C=O) groups is 1. The van der Waals surface area contributed by atoms with Crippen molar-refractivity contribution in [1.29, 1.82) is 0 Å². The van der Waals surface area contributed by atoms with Gasteiger partial charge >= 0.3 is 0 Å². The van der Waals surface area contributed by atoms with Gasteiger partial charge in [0.1, 0.15) is 17.9 Å². The number of carbonyl (C=O) groups excluding carboxylic acids is 1. The Hall–Kier alpha value is -3.17. The number of amides is 1. The number of rotatable bonds is 7. The average Bonchev–Trinajstić information content (AvgIpc) is 2.91. The van der Waals surface area contributed by atoms with Crippen LogP contribution >= 0.6 is 34.8 Å². The van der Waals surface area contributed by atoms with Gasteiger partial charge in [-0.3, -0.25) is 9.59 Å². The van der Waals surface area contributed by atoms with Gasteiger partial charge in [-0.25, -0.2) is 9.97 Å². The summed E-state index contributed by atoms with van der Waals surface area (Å²) < 4.78 is 6.32. The Kier molecular flexibility index (Phi) is 8.14. The average molecular weight is 573 g/mol. The Morgan fingerprint density at radius 3 is 2.68 bits per heavy atom. The third-order valence-corrected chi connectivity index (χ3v) is 7.51. The van der Waals surface area contributed by atoms with E-state index in [4.69, 9.17) is 39.5 Å². The summed E-state index contributed by atoms with van der Waals surface area (Å²) in [6.45, 7) is 1.35. The largest absolute Gasteiger partial charge is 0.492 e. The van der Waals surface area contributed by atoms with Crippen LogP contribution < -0.4 is 20.9 Å². The van der Waals surface area contributed by atoms with E-state index in [0.29, 0.717) is 50.7 Å². The van der Waals surface area contributed by atoms with Gasteiger partial charge in [0, 0.05) is 17.6 Å². The lowest BCUT2D eigenvalue weighted by Crippen LogP contribution is -2.35. The molecule has 1 amide bonds. The van der Waals surface area contributed by atoms with Gasteiger partial charge in [-0.1, -0.05) is 47.3 Å². The summed E-state index contributed by atoms with van der Waals surface area (Å²) in [5.74, 6) is 0.205. The molecule has 4 aromatic rings. The smallest absolute Gasteiger partial charge is 0.260 e. The second-order valence-electron chi connectivity index (χ2n) is 9.00. The van der Waals surface area contributed by atoms with Crippen molar-refractivity contribution in [3.05, 3.63) is 79.9 Å². The maximum atomic E-state index is 13.3. The monoisotopic (exact) mass is 571 g/mol. The summed E-state index contributed by atoms with van der Waals surface area (Å²) >= 11 is 18.9. The number of hydrogen-bond acceptors (Lipinski definition) is 6. The van der Waals surface area contributed by atoms with Crippen molar-refractivity contribution in [2.75, 3.05) is 18.5 Å². The van der Waals surface area contributed by atoms with Crippen LogP contribution in [-0.4, -0.2) is 40.1 Å². The van der Waals surface area contributed by atoms with Crippen molar-refractivity contribution >= 4 is 57.4 Å². The van der Waals surface area contributed by atoms with Gasteiger partial charge in [0.2, 0.25) is 0 Å². The molecule has 2 aromatic heterocycles. The number of nitrogens with zero attached hydrogens (tertiary/aromatic N) is 2. The first-order valence-corrected chi connectivity index (χ1v) is 13.3. The molecule has 196 valence electrons. The van der Waals surface area contributed by atoms with E-state index < -0.39 is 5.91 Å². The van der Waals surface area contributed by atoms with E-state index in [-0.39, 0.29) is 21.7 Å². The molecule has 8 nitrogen and oxygen atoms in total. The Morgan fingerprint density at radius 2 is 1.95 bits per heavy atom. The van der Waals surface area contributed by atoms with Crippen molar-refractivity contribution in [3.8, 4) is 16.9 Å². The molecule has 0 bridgehead atoms. The van der Waals surface area contributed by atoms with Crippen molar-refractivity contribution in [2.24, 2.45) is 0 Å². The Morgan fingerprint density at radius 1 is 1.08 bits per heavy atom. The number of aromatic amines is 1. The highest BCUT2D eigenvalue weighted by molar-refractivity contribution is 6.42. The zero-order chi connectivity index (χ0) is 26.6. The first-order chi connectivity index (χ1) is 18.4. The van der Waals surface area contributed by atoms with Crippen LogP contribution in [-0.2, 0) is 0 Å². The normalized spacial score (nSPS) is 15.4. The van der Waals surface area contributed by atoms with Crippen LogP contribution in [0.1, 0.15) is 36.0 Å². The lowest BCUT2D eigenvalue weighted by atomic mass is 10.0. The highest BCUT2D eigenvalue weighted by atomic mass is 35.5. The maximum absolute atomic E-state index is 13.3. The number of piperidine rings is 1. The molecule has 1 aliphatic rings. The zero-order valence-corrected chi connectivity index (χ0v) is 22.5. The molecule has 0 spiro atoms. The van der Waals surface area contributed by atoms with Crippen LogP contribution in [0.25, 0.3) is 22.0 Å². The molecule has 0 radical (unpaired) electrons. The Labute approximate surface area is 233 Å². The molecule has 11 heteroatoms. The first-order valence-electron chi connectivity index (χ1n) is 12.2. The van der Waals surface area contributed by atoms with Gasteiger partial charge in [0.25, 0.3) is 11.5 Å². The molecule has 3 heterocycles. The minimum atomic E-state index is -0.463. The second-order valence-corrected chi connectivity index (χ2v) is 10.2. The lowest BCUT2D eigenvalue weighted by molar-refractivity contribution is 0.102. The minimum Gasteiger partial charge on any atom is -0.492 e. The predicted octanol–water partition coefficient (Wildman–Crippen LogP) is 6.11. The number of pyridine rings is 1. The van der Waals surface area contributed by atoms with Crippen LogP contribution in [0.5, 0.6) is 5.75 Å². The van der Waals surface area contributed by atoms with Crippen molar-refractivity contribution < 1.29 is 9.53 Å². The summed E-state index contributed by atoms with van der Waals surface area (Å²) in [7, 11) is 0. The highest BCUT2D eigenvalue weighted by Crippen LogP contribution is 2.38. The fourth-order valence-electron chi connectivity index (χ4n) is 4.55. The van der Waals surface area contributed by atoms with Crippen molar-refractivity contribution in [2.45, 2.75) is 31.7 Å². The fraction of sp³-hybridized carbons (Fsp3) is 0.259. The number of hydrogen-bond donors (Lipinski definition) is 3. The van der Waals surface area contributed by atoms with Crippen LogP contribution in [0.3, 0.4) is 0 Å². The molecule has 1 aliphatic heterocycles. The summed E-state index contributed by atoms with van der Waals surface area (Å²) in [5, 5.41) is 7.59. The standard InChI is InChI=1S/C27H24Cl3N5O3/c28-19-5-4-15(11-21(19)30)24-25(38-10-7-16-3-1-2-8-32-16)18-12-17(20(29)13-22(18)34-27(24)37)26(36)35-23-6-9-31-14-33-23/h4-6,9,11-14,16,32H,1-3,7-8,10H2,(H,34,37)(H,31,33,35,36)/t16-/m0/s1. The van der Waals surface area contributed by atoms with E-state index in [1.165, 1.54) is 18.9 Å². The Bertz CT molecular complexity index is 1540. The van der Waals surface area contributed by atoms with Crippen molar-refractivity contribution in [3.63, 3.8) is 0 Å². The number of H-pyrrole nitrogens is 1. The summed E-state index contributed by atoms with van der Waals surface area (Å²) in [6, 6.07) is 10.0. The molecule has 1 fully saturated rings. The summed E-state index contributed by atoms with van der Waals surface area (Å²) in [5.41, 5.74) is 1.08. The SMILES string of the molecule is O=C(Nc1ccncn1)c1cc2c(OCC[C@@H]3CCCCN3)c(-c3ccc(Cl)c(Cl)c3)c(=O)[nH]c2cc1Cl. The number of halogens is 3. The first kappa shape index (κ1) is 26.4. The lowest BCUT2D eigenvalue weighted by Gasteiger charge is -2.24. The molecule has 5 rings (SSSR count). The van der Waals surface area contributed by atoms with Crippen LogP contribution in [0.4, 0.5) is 5.82 Å². The summed E-state index contributed by atoms with van der Waals surface area (Å²) in [4.78, 5) is 37.2. The predicted molar refractivity (Wildman–Crippen MR) is 151 cm³/mol. The van der Waals surface area contributed by atoms with Gasteiger partial charge < -0.3 is 20.4 Å². The number of benzene rings is 2. The highest BCUT2D eigenvalue weighted by Gasteiger charge is 2.22. The van der Waals surface area contributed by atoms with Gasteiger partial charge in [-0.2, -0.15) is 0 Å². The quantitative estimate of drug-likeness (QED) is 0.247. The van der Waals surface area contributed by atoms with Crippen molar-refractivity contribution in [1.82, 2.24) is 20.3 Å². The van der Waals surface area contributed by atoms with E-state index in [9.17, 15) is 9.59 Å². The molecule has 0 saturated carbocycles. The molecule has 1 saturated heterocycles. The van der Waals surface area contributed by atoms with Gasteiger partial charge in [0.15, 0.2) is 0 Å². The number of anilines is 1. The molecule has 0 aliphatic carbocycles. The van der Waals surface area contributed by atoms with Gasteiger partial charge in [-0.05, 0) is 61.7 Å². The maximum Gasteiger partial charge on any atom is 0.260 e. The minimum absolute atomic E-state index is 0.166. The molecule has 2 aromatic carbocycles. The second kappa shape index (κ2) is 11.7. The molecular formula is C27H24Cl3N5O3. The van der Waals surface area contributed by atoms with Crippen LogP contribution in [0.15, 0.2) is 53.7 Å². The van der Waals surface area contributed by atoms with Gasteiger partial charge in [-0.15, -0.1) is 0 Å². The van der Waals surface area contributed by atoms with Gasteiger partial charge in [0.05, 0.1) is 38.3 Å². The third kappa shape index (κ3) is 5.78. The van der Waals surface area contributed by atoms with E-state index in [1.54, 1.807) is 36.4 Å². The Balaban J connectivity index is 1.59. The van der Waals surface area contributed by atoms with E-state index in [2.05, 4.69) is 25.6 Å². The molecule has 3 N–H and O–H groups in total. The number of ether oxygens (including phenoxy) is 1. The van der Waals surface area contributed by atoms with E-state index in [1.807, 2.05) is 0 Å². The number of aromatic nitrogens is 3. The fourth-order valence-corrected chi connectivity index (χ4v) is 5.09. The number of fused-ring (bicyclic) bond motifs is 1. The molecule has 38 heavy (non-hydrogen) atoms. The summed E-state index contributed by atoms with van der Waals surface area (Å²) in [6.07, 6.45) is 7.03. The third-order valence-electron chi connectivity index (χ3n) is 6.46. The van der Waals surface area contributed by atoms with E-state index >= 15 is 0 Å². The van der Waals surface area contributed by atoms with E-state index in [0.717, 1.165) is 25.8 Å².